The number of carbonyl (C=O) groups excluding carboxylic acids is 1. The van der Waals surface area contributed by atoms with Gasteiger partial charge >= 0.3 is 6.18 Å². The molecule has 1 amide bonds. The summed E-state index contributed by atoms with van der Waals surface area (Å²) in [6.07, 6.45) is -2.22. The molecule has 7 nitrogen and oxygen atoms in total. The van der Waals surface area contributed by atoms with E-state index in [9.17, 15) is 28.1 Å². The van der Waals surface area contributed by atoms with Crippen molar-refractivity contribution in [2.75, 3.05) is 5.32 Å². The number of fused-ring (bicyclic) bond motifs is 1. The molecule has 0 unspecified atom stereocenters. The monoisotopic (exact) mass is 508 g/mol. The Hall–Kier alpha value is -3.21. The summed E-state index contributed by atoms with van der Waals surface area (Å²) in [6.45, 7) is 0. The molecule has 3 aromatic rings. The lowest BCUT2D eigenvalue weighted by Gasteiger charge is -2.15. The van der Waals surface area contributed by atoms with E-state index in [0.717, 1.165) is 6.42 Å². The Morgan fingerprint density at radius 2 is 1.81 bits per heavy atom. The standard InChI is InChI=1S/C21H16BrF3N4O3/c22-16-10-9-14(29(31)32)11-17(16)26-20(30)12-5-7-13(8-6-12)28-18-4-2-1-3-15(18)19(27-28)21(23,24)25/h5-11H,1-4H2,(H,26,30). The summed E-state index contributed by atoms with van der Waals surface area (Å²) in [5.41, 5.74) is 0.634. The Morgan fingerprint density at radius 1 is 1.12 bits per heavy atom. The molecular weight excluding hydrogens is 493 g/mol. The van der Waals surface area contributed by atoms with E-state index in [-0.39, 0.29) is 22.5 Å². The number of halogens is 4. The number of nitrogens with zero attached hydrogens (tertiary/aromatic N) is 3. The van der Waals surface area contributed by atoms with Gasteiger partial charge in [-0.3, -0.25) is 14.9 Å². The summed E-state index contributed by atoms with van der Waals surface area (Å²) in [7, 11) is 0. The summed E-state index contributed by atoms with van der Waals surface area (Å²) in [5.74, 6) is -0.517. The minimum absolute atomic E-state index is 0.178. The molecule has 2 aromatic carbocycles. The molecular formula is C21H16BrF3N4O3. The number of aromatic nitrogens is 2. The van der Waals surface area contributed by atoms with Crippen LogP contribution in [0.5, 0.6) is 0 Å². The normalized spacial score (nSPS) is 13.5. The van der Waals surface area contributed by atoms with Gasteiger partial charge in [0.2, 0.25) is 0 Å². The largest absolute Gasteiger partial charge is 0.435 e. The summed E-state index contributed by atoms with van der Waals surface area (Å²) in [6, 6.07) is 9.98. The average molecular weight is 509 g/mol. The van der Waals surface area contributed by atoms with E-state index in [0.29, 0.717) is 35.1 Å². The molecule has 1 aromatic heterocycles. The molecule has 1 N–H and O–H groups in total. The van der Waals surface area contributed by atoms with Crippen molar-refractivity contribution in [3.05, 3.63) is 79.6 Å². The molecule has 0 atom stereocenters. The Balaban J connectivity index is 1.61. The van der Waals surface area contributed by atoms with Gasteiger partial charge in [-0.2, -0.15) is 18.3 Å². The highest BCUT2D eigenvalue weighted by molar-refractivity contribution is 9.10. The van der Waals surface area contributed by atoms with Crippen LogP contribution < -0.4 is 5.32 Å². The van der Waals surface area contributed by atoms with E-state index >= 15 is 0 Å². The van der Waals surface area contributed by atoms with Gasteiger partial charge in [0.1, 0.15) is 0 Å². The van der Waals surface area contributed by atoms with Crippen LogP contribution in [0.15, 0.2) is 46.9 Å². The number of amides is 1. The smallest absolute Gasteiger partial charge is 0.321 e. The fourth-order valence-corrected chi connectivity index (χ4v) is 4.06. The molecule has 0 saturated carbocycles. The first-order chi connectivity index (χ1) is 15.1. The number of hydrogen-bond acceptors (Lipinski definition) is 4. The van der Waals surface area contributed by atoms with Crippen LogP contribution in [0.25, 0.3) is 5.69 Å². The van der Waals surface area contributed by atoms with Gasteiger partial charge in [-0.25, -0.2) is 4.68 Å². The lowest BCUT2D eigenvalue weighted by molar-refractivity contribution is -0.384. The third kappa shape index (κ3) is 4.24. The third-order valence-electron chi connectivity index (χ3n) is 5.23. The van der Waals surface area contributed by atoms with Gasteiger partial charge in [0.15, 0.2) is 5.69 Å². The van der Waals surface area contributed by atoms with Crippen LogP contribution in [0.2, 0.25) is 0 Å². The first-order valence-corrected chi connectivity index (χ1v) is 10.5. The highest BCUT2D eigenvalue weighted by Crippen LogP contribution is 2.37. The number of hydrogen-bond donors (Lipinski definition) is 1. The molecule has 4 rings (SSSR count). The fourth-order valence-electron chi connectivity index (χ4n) is 3.71. The lowest BCUT2D eigenvalue weighted by atomic mass is 9.95. The van der Waals surface area contributed by atoms with E-state index < -0.39 is 22.7 Å². The highest BCUT2D eigenvalue weighted by atomic mass is 79.9. The zero-order chi connectivity index (χ0) is 23.0. The van der Waals surface area contributed by atoms with Crippen molar-refractivity contribution >= 4 is 33.2 Å². The molecule has 166 valence electrons. The second-order valence-corrected chi connectivity index (χ2v) is 8.17. The van der Waals surface area contributed by atoms with Crippen molar-refractivity contribution in [3.63, 3.8) is 0 Å². The zero-order valence-corrected chi connectivity index (χ0v) is 18.0. The van der Waals surface area contributed by atoms with Crippen LogP contribution in [0, 0.1) is 10.1 Å². The molecule has 11 heteroatoms. The minimum atomic E-state index is -4.53. The number of benzene rings is 2. The highest BCUT2D eigenvalue weighted by Gasteiger charge is 2.39. The van der Waals surface area contributed by atoms with Crippen LogP contribution in [-0.4, -0.2) is 20.6 Å². The van der Waals surface area contributed by atoms with Crippen LogP contribution in [0.1, 0.15) is 40.2 Å². The molecule has 0 radical (unpaired) electrons. The molecule has 1 aliphatic rings. The second kappa shape index (κ2) is 8.38. The number of rotatable bonds is 4. The average Bonchev–Trinajstić information content (AvgIpc) is 3.15. The number of carbonyl (C=O) groups is 1. The molecule has 1 heterocycles. The van der Waals surface area contributed by atoms with E-state index in [1.807, 2.05) is 0 Å². The first-order valence-electron chi connectivity index (χ1n) is 9.69. The van der Waals surface area contributed by atoms with Crippen molar-refractivity contribution in [2.24, 2.45) is 0 Å². The second-order valence-electron chi connectivity index (χ2n) is 7.31. The number of nitro benzene ring substituents is 1. The topological polar surface area (TPSA) is 90.1 Å². The van der Waals surface area contributed by atoms with Gasteiger partial charge in [0, 0.05) is 33.4 Å². The van der Waals surface area contributed by atoms with Crippen molar-refractivity contribution < 1.29 is 22.9 Å². The van der Waals surface area contributed by atoms with Crippen molar-refractivity contribution in [2.45, 2.75) is 31.9 Å². The van der Waals surface area contributed by atoms with Crippen LogP contribution in [0.4, 0.5) is 24.5 Å². The maximum absolute atomic E-state index is 13.4. The molecule has 0 bridgehead atoms. The predicted octanol–water partition coefficient (Wildman–Crippen LogP) is 5.69. The quantitative estimate of drug-likeness (QED) is 0.361. The van der Waals surface area contributed by atoms with Crippen molar-refractivity contribution in [1.82, 2.24) is 9.78 Å². The van der Waals surface area contributed by atoms with E-state index in [1.54, 1.807) is 0 Å². The summed E-state index contributed by atoms with van der Waals surface area (Å²) in [5, 5.41) is 17.4. The van der Waals surface area contributed by atoms with Gasteiger partial charge in [0.05, 0.1) is 16.3 Å². The van der Waals surface area contributed by atoms with Crippen LogP contribution in [0.3, 0.4) is 0 Å². The number of alkyl halides is 3. The molecule has 0 aliphatic heterocycles. The summed E-state index contributed by atoms with van der Waals surface area (Å²) in [4.78, 5) is 23.0. The molecule has 0 saturated heterocycles. The maximum Gasteiger partial charge on any atom is 0.435 e. The maximum atomic E-state index is 13.4. The Kier molecular flexibility index (Phi) is 5.76. The Bertz CT molecular complexity index is 1210. The SMILES string of the molecule is O=C(Nc1cc([N+](=O)[O-])ccc1Br)c1ccc(-n2nc(C(F)(F)F)c3c2CCCC3)cc1. The number of nitro groups is 1. The van der Waals surface area contributed by atoms with Crippen molar-refractivity contribution in [3.8, 4) is 5.69 Å². The molecule has 0 fully saturated rings. The van der Waals surface area contributed by atoms with Gasteiger partial charge in [-0.05, 0) is 71.9 Å². The Labute approximate surface area is 188 Å². The molecule has 0 spiro atoms. The zero-order valence-electron chi connectivity index (χ0n) is 16.4. The van der Waals surface area contributed by atoms with E-state index in [4.69, 9.17) is 0 Å². The van der Waals surface area contributed by atoms with Crippen molar-refractivity contribution in [1.29, 1.82) is 0 Å². The number of nitrogens with one attached hydrogen (secondary N) is 1. The van der Waals surface area contributed by atoms with E-state index in [1.165, 1.54) is 47.1 Å². The Morgan fingerprint density at radius 3 is 2.47 bits per heavy atom. The third-order valence-corrected chi connectivity index (χ3v) is 5.92. The van der Waals surface area contributed by atoms with Gasteiger partial charge in [-0.1, -0.05) is 0 Å². The van der Waals surface area contributed by atoms with Crippen LogP contribution >= 0.6 is 15.9 Å². The lowest BCUT2D eigenvalue weighted by Crippen LogP contribution is -2.13. The van der Waals surface area contributed by atoms with Gasteiger partial charge in [0.25, 0.3) is 11.6 Å². The first kappa shape index (κ1) is 22.0. The molecule has 1 aliphatic carbocycles. The predicted molar refractivity (Wildman–Crippen MR) is 114 cm³/mol. The summed E-state index contributed by atoms with van der Waals surface area (Å²) < 4.78 is 42.0. The summed E-state index contributed by atoms with van der Waals surface area (Å²) >= 11 is 3.24. The van der Waals surface area contributed by atoms with Gasteiger partial charge in [-0.15, -0.1) is 0 Å². The van der Waals surface area contributed by atoms with Crippen LogP contribution in [-0.2, 0) is 19.0 Å². The molecule has 32 heavy (non-hydrogen) atoms. The fraction of sp³-hybridized carbons (Fsp3) is 0.238. The number of anilines is 1. The van der Waals surface area contributed by atoms with Gasteiger partial charge < -0.3 is 5.32 Å². The van der Waals surface area contributed by atoms with E-state index in [2.05, 4.69) is 26.3 Å². The minimum Gasteiger partial charge on any atom is -0.321 e. The number of non-ortho nitro benzene ring substituents is 1.